The predicted molar refractivity (Wildman–Crippen MR) is 87.1 cm³/mol. The number of halogens is 1. The molecule has 1 amide bonds. The molecule has 1 aromatic carbocycles. The van der Waals surface area contributed by atoms with Gasteiger partial charge in [0.15, 0.2) is 11.8 Å². The number of nitrogens with one attached hydrogen (secondary N) is 1. The maximum absolute atomic E-state index is 11.6. The summed E-state index contributed by atoms with van der Waals surface area (Å²) >= 11 is 3.15. The van der Waals surface area contributed by atoms with Crippen LogP contribution in [0.25, 0.3) is 0 Å². The van der Waals surface area contributed by atoms with Gasteiger partial charge in [0.1, 0.15) is 12.2 Å². The van der Waals surface area contributed by atoms with E-state index in [1.807, 2.05) is 0 Å². The van der Waals surface area contributed by atoms with Crippen LogP contribution in [-0.2, 0) is 9.53 Å². The van der Waals surface area contributed by atoms with E-state index < -0.39 is 35.2 Å². The Morgan fingerprint density at radius 1 is 1.42 bits per heavy atom. The van der Waals surface area contributed by atoms with Crippen LogP contribution in [0.15, 0.2) is 22.7 Å². The minimum Gasteiger partial charge on any atom is -0.484 e. The Kier molecular flexibility index (Phi) is 6.52. The van der Waals surface area contributed by atoms with E-state index in [1.54, 1.807) is 20.8 Å². The average Bonchev–Trinajstić information content (AvgIpc) is 2.40. The highest BCUT2D eigenvalue weighted by atomic mass is 79.9. The van der Waals surface area contributed by atoms with Crippen molar-refractivity contribution in [3.05, 3.63) is 32.8 Å². The van der Waals surface area contributed by atoms with Crippen molar-refractivity contribution in [2.24, 2.45) is 0 Å². The summed E-state index contributed by atoms with van der Waals surface area (Å²) in [6, 6.07) is 2.58. The average molecular weight is 405 g/mol. The second-order valence-corrected chi connectivity index (χ2v) is 6.63. The van der Waals surface area contributed by atoms with E-state index in [1.165, 1.54) is 18.2 Å². The third kappa shape index (κ3) is 6.41. The zero-order valence-corrected chi connectivity index (χ0v) is 14.8. The van der Waals surface area contributed by atoms with Gasteiger partial charge in [-0.3, -0.25) is 10.1 Å². The molecule has 0 heterocycles. The number of alkyl carbamates (subject to hydrolysis) is 1. The van der Waals surface area contributed by atoms with Crippen molar-refractivity contribution in [2.45, 2.75) is 32.4 Å². The lowest BCUT2D eigenvalue weighted by molar-refractivity contribution is -0.385. The van der Waals surface area contributed by atoms with Gasteiger partial charge in [-0.2, -0.15) is 0 Å². The monoisotopic (exact) mass is 404 g/mol. The lowest BCUT2D eigenvalue weighted by Gasteiger charge is -2.22. The Labute approximate surface area is 146 Å². The van der Waals surface area contributed by atoms with Crippen LogP contribution >= 0.6 is 15.9 Å². The van der Waals surface area contributed by atoms with Crippen molar-refractivity contribution < 1.29 is 29.1 Å². The number of hydrogen-bond donors (Lipinski definition) is 2. The van der Waals surface area contributed by atoms with Gasteiger partial charge in [-0.05, 0) is 26.8 Å². The second kappa shape index (κ2) is 7.95. The normalized spacial score (nSPS) is 12.2. The summed E-state index contributed by atoms with van der Waals surface area (Å²) < 4.78 is 10.7. The van der Waals surface area contributed by atoms with Crippen LogP contribution in [-0.4, -0.2) is 40.3 Å². The molecule has 0 aliphatic rings. The van der Waals surface area contributed by atoms with Crippen molar-refractivity contribution in [3.8, 4) is 5.75 Å². The maximum Gasteiger partial charge on any atom is 0.408 e. The lowest BCUT2D eigenvalue weighted by Crippen LogP contribution is -2.46. The number of amides is 1. The molecule has 0 saturated carbocycles. The summed E-state index contributed by atoms with van der Waals surface area (Å²) in [4.78, 5) is 33.2. The summed E-state index contributed by atoms with van der Waals surface area (Å²) in [5.41, 5.74) is -1.11. The minimum atomic E-state index is -1.43. The maximum atomic E-state index is 11.6. The number of benzene rings is 1. The first-order valence-corrected chi connectivity index (χ1v) is 7.58. The summed E-state index contributed by atoms with van der Waals surface area (Å²) in [5, 5.41) is 22.2. The molecule has 1 atom stereocenters. The molecule has 1 aromatic rings. The van der Waals surface area contributed by atoms with Crippen molar-refractivity contribution in [1.82, 2.24) is 5.32 Å². The summed E-state index contributed by atoms with van der Waals surface area (Å²) in [5.74, 6) is -1.48. The van der Waals surface area contributed by atoms with E-state index in [0.717, 1.165) is 0 Å². The third-order valence-corrected chi connectivity index (χ3v) is 3.01. The topological polar surface area (TPSA) is 128 Å². The molecule has 9 nitrogen and oxygen atoms in total. The Balaban J connectivity index is 2.81. The molecule has 0 radical (unpaired) electrons. The van der Waals surface area contributed by atoms with Gasteiger partial charge in [0.25, 0.3) is 0 Å². The molecular weight excluding hydrogens is 388 g/mol. The highest BCUT2D eigenvalue weighted by Crippen LogP contribution is 2.30. The van der Waals surface area contributed by atoms with Crippen LogP contribution in [0.4, 0.5) is 10.5 Å². The fourth-order valence-corrected chi connectivity index (χ4v) is 1.89. The number of nitro benzene ring substituents is 1. The fourth-order valence-electron chi connectivity index (χ4n) is 1.55. The van der Waals surface area contributed by atoms with Gasteiger partial charge in [0.2, 0.25) is 0 Å². The first-order valence-electron chi connectivity index (χ1n) is 6.78. The molecule has 0 unspecified atom stereocenters. The number of carbonyl (C=O) groups is 2. The van der Waals surface area contributed by atoms with E-state index in [-0.39, 0.29) is 11.4 Å². The first kappa shape index (κ1) is 19.7. The molecule has 0 saturated heterocycles. The minimum absolute atomic E-state index is 0.119. The van der Waals surface area contributed by atoms with Gasteiger partial charge < -0.3 is 19.9 Å². The molecule has 132 valence electrons. The molecule has 2 N–H and O–H groups in total. The summed E-state index contributed by atoms with van der Waals surface area (Å²) in [7, 11) is 0. The summed E-state index contributed by atoms with van der Waals surface area (Å²) in [6.07, 6.45) is -0.928. The van der Waals surface area contributed by atoms with E-state index in [4.69, 9.17) is 14.6 Å². The van der Waals surface area contributed by atoms with Crippen LogP contribution in [0.5, 0.6) is 5.75 Å². The van der Waals surface area contributed by atoms with Crippen molar-refractivity contribution in [1.29, 1.82) is 0 Å². The molecular formula is C14H17BrN2O7. The van der Waals surface area contributed by atoms with Crippen molar-refractivity contribution >= 4 is 33.7 Å². The second-order valence-electron chi connectivity index (χ2n) is 5.72. The first-order chi connectivity index (χ1) is 11.0. The third-order valence-electron chi connectivity index (χ3n) is 2.51. The number of carboxylic acids is 1. The van der Waals surface area contributed by atoms with E-state index >= 15 is 0 Å². The number of nitrogens with zero attached hydrogens (tertiary/aromatic N) is 1. The number of rotatable bonds is 6. The standard InChI is InChI=1S/C14H17BrN2O7/c1-14(2,3)24-13(20)16-9(12(18)19)7-23-11-6-8(15)4-5-10(11)17(21)22/h4-6,9H,7H2,1-3H3,(H,16,20)(H,18,19)/t9-/m0/s1. The highest BCUT2D eigenvalue weighted by Gasteiger charge is 2.26. The van der Waals surface area contributed by atoms with Gasteiger partial charge in [-0.1, -0.05) is 15.9 Å². The van der Waals surface area contributed by atoms with Crippen molar-refractivity contribution in [3.63, 3.8) is 0 Å². The number of aliphatic carboxylic acids is 1. The van der Waals surface area contributed by atoms with Crippen LogP contribution < -0.4 is 10.1 Å². The molecule has 0 aliphatic heterocycles. The van der Waals surface area contributed by atoms with Crippen LogP contribution in [0.1, 0.15) is 20.8 Å². The largest absolute Gasteiger partial charge is 0.484 e. The van der Waals surface area contributed by atoms with Gasteiger partial charge in [0.05, 0.1) is 4.92 Å². The Bertz CT molecular complexity index is 643. The predicted octanol–water partition coefficient (Wildman–Crippen LogP) is 2.71. The number of ether oxygens (including phenoxy) is 2. The Hall–Kier alpha value is -2.36. The zero-order valence-electron chi connectivity index (χ0n) is 13.2. The molecule has 24 heavy (non-hydrogen) atoms. The fraction of sp³-hybridized carbons (Fsp3) is 0.429. The number of carboxylic acid groups (broad SMARTS) is 1. The summed E-state index contributed by atoms with van der Waals surface area (Å²) in [6.45, 7) is 4.38. The number of hydrogen-bond acceptors (Lipinski definition) is 6. The zero-order chi connectivity index (χ0) is 18.5. The van der Waals surface area contributed by atoms with Crippen LogP contribution in [0.3, 0.4) is 0 Å². The smallest absolute Gasteiger partial charge is 0.408 e. The van der Waals surface area contributed by atoms with E-state index in [2.05, 4.69) is 21.2 Å². The van der Waals surface area contributed by atoms with Gasteiger partial charge in [0, 0.05) is 16.6 Å². The lowest BCUT2D eigenvalue weighted by atomic mass is 10.2. The quantitative estimate of drug-likeness (QED) is 0.550. The molecule has 0 aliphatic carbocycles. The SMILES string of the molecule is CC(C)(C)OC(=O)N[C@@H](COc1cc(Br)ccc1[N+](=O)[O-])C(=O)O. The van der Waals surface area contributed by atoms with Gasteiger partial charge in [-0.15, -0.1) is 0 Å². The van der Waals surface area contributed by atoms with E-state index in [0.29, 0.717) is 4.47 Å². The molecule has 0 aromatic heterocycles. The molecule has 0 spiro atoms. The number of carbonyl (C=O) groups excluding carboxylic acids is 1. The molecule has 0 bridgehead atoms. The van der Waals surface area contributed by atoms with Crippen LogP contribution in [0.2, 0.25) is 0 Å². The van der Waals surface area contributed by atoms with Gasteiger partial charge >= 0.3 is 17.7 Å². The van der Waals surface area contributed by atoms with Crippen molar-refractivity contribution in [2.75, 3.05) is 6.61 Å². The van der Waals surface area contributed by atoms with E-state index in [9.17, 15) is 19.7 Å². The highest BCUT2D eigenvalue weighted by molar-refractivity contribution is 9.10. The molecule has 10 heteroatoms. The Morgan fingerprint density at radius 3 is 2.54 bits per heavy atom. The molecule has 0 fully saturated rings. The Morgan fingerprint density at radius 2 is 2.04 bits per heavy atom. The van der Waals surface area contributed by atoms with Crippen LogP contribution in [0, 0.1) is 10.1 Å². The number of nitro groups is 1. The van der Waals surface area contributed by atoms with Gasteiger partial charge in [-0.25, -0.2) is 9.59 Å². The molecule has 1 rings (SSSR count).